The number of allylic oxidation sites excluding steroid dienone is 2. The number of nitrogens with one attached hydrogen (secondary N) is 1. The molecular weight excluding hydrogens is 296 g/mol. The van der Waals surface area contributed by atoms with Crippen molar-refractivity contribution < 1.29 is 4.79 Å². The summed E-state index contributed by atoms with van der Waals surface area (Å²) >= 11 is 0. The summed E-state index contributed by atoms with van der Waals surface area (Å²) in [6.07, 6.45) is 5.25. The molecule has 0 radical (unpaired) electrons. The second-order valence-corrected chi connectivity index (χ2v) is 7.98. The van der Waals surface area contributed by atoms with Gasteiger partial charge in [-0.05, 0) is 23.8 Å². The first-order valence-corrected chi connectivity index (χ1v) is 8.82. The van der Waals surface area contributed by atoms with Gasteiger partial charge in [-0.2, -0.15) is 5.10 Å². The zero-order chi connectivity index (χ0) is 16.9. The molecule has 0 fully saturated rings. The number of aromatic nitrogens is 2. The van der Waals surface area contributed by atoms with Gasteiger partial charge in [-0.25, -0.2) is 0 Å². The van der Waals surface area contributed by atoms with Crippen LogP contribution in [0.3, 0.4) is 0 Å². The summed E-state index contributed by atoms with van der Waals surface area (Å²) in [5.74, 6) is 0.318. The molecule has 0 saturated heterocycles. The lowest BCUT2D eigenvalue weighted by molar-refractivity contribution is -0.118. The zero-order valence-corrected chi connectivity index (χ0v) is 14.6. The number of H-pyrrole nitrogens is 1. The molecule has 4 rings (SSSR count). The van der Waals surface area contributed by atoms with Crippen molar-refractivity contribution in [2.75, 3.05) is 0 Å². The highest BCUT2D eigenvalue weighted by atomic mass is 16.1. The molecule has 24 heavy (non-hydrogen) atoms. The Morgan fingerprint density at radius 2 is 1.92 bits per heavy atom. The van der Waals surface area contributed by atoms with Crippen LogP contribution < -0.4 is 0 Å². The molecule has 0 aliphatic heterocycles. The molecule has 1 atom stereocenters. The molecule has 1 heterocycles. The number of carbonyl (C=O) groups is 1. The average Bonchev–Trinajstić information content (AvgIpc) is 3.01. The van der Waals surface area contributed by atoms with Crippen molar-refractivity contribution in [3.8, 4) is 0 Å². The van der Waals surface area contributed by atoms with Crippen molar-refractivity contribution in [3.63, 3.8) is 0 Å². The van der Waals surface area contributed by atoms with E-state index >= 15 is 0 Å². The number of nitrogens with zero attached hydrogens (tertiary/aromatic N) is 1. The summed E-state index contributed by atoms with van der Waals surface area (Å²) in [5.41, 5.74) is 5.60. The van der Waals surface area contributed by atoms with Crippen molar-refractivity contribution in [1.29, 1.82) is 0 Å². The number of ketones is 1. The highest BCUT2D eigenvalue weighted by Crippen LogP contribution is 2.53. The van der Waals surface area contributed by atoms with E-state index in [1.54, 1.807) is 0 Å². The topological polar surface area (TPSA) is 45.8 Å². The Morgan fingerprint density at radius 1 is 1.17 bits per heavy atom. The summed E-state index contributed by atoms with van der Waals surface area (Å²) in [6, 6.07) is 10.5. The number of rotatable bonds is 2. The van der Waals surface area contributed by atoms with E-state index in [4.69, 9.17) is 0 Å². The summed E-state index contributed by atoms with van der Waals surface area (Å²) in [5, 5.41) is 7.53. The normalized spacial score (nSPS) is 25.4. The lowest BCUT2D eigenvalue weighted by atomic mass is 9.57. The third-order valence-corrected chi connectivity index (χ3v) is 5.76. The van der Waals surface area contributed by atoms with Gasteiger partial charge in [0.05, 0.1) is 11.6 Å². The van der Waals surface area contributed by atoms with Crippen LogP contribution in [0.15, 0.2) is 47.7 Å². The minimum atomic E-state index is -0.356. The first-order chi connectivity index (χ1) is 11.5. The average molecular weight is 320 g/mol. The quantitative estimate of drug-likeness (QED) is 0.894. The van der Waals surface area contributed by atoms with Crippen LogP contribution in [0.1, 0.15) is 56.9 Å². The first kappa shape index (κ1) is 15.4. The highest BCUT2D eigenvalue weighted by Gasteiger charge is 2.49. The number of aromatic amines is 1. The van der Waals surface area contributed by atoms with E-state index in [1.165, 1.54) is 22.4 Å². The van der Waals surface area contributed by atoms with Crippen LogP contribution in [0.4, 0.5) is 0 Å². The highest BCUT2D eigenvalue weighted by molar-refractivity contribution is 6.01. The van der Waals surface area contributed by atoms with E-state index in [9.17, 15) is 4.79 Å². The van der Waals surface area contributed by atoms with Gasteiger partial charge in [-0.15, -0.1) is 0 Å². The smallest absolute Gasteiger partial charge is 0.160 e. The number of benzene rings is 1. The van der Waals surface area contributed by atoms with Crippen molar-refractivity contribution in [2.24, 2.45) is 5.41 Å². The molecule has 0 spiro atoms. The van der Waals surface area contributed by atoms with E-state index in [-0.39, 0.29) is 10.8 Å². The third-order valence-electron chi connectivity index (χ3n) is 5.76. The molecule has 2 aliphatic carbocycles. The third kappa shape index (κ3) is 2.03. The van der Waals surface area contributed by atoms with Gasteiger partial charge in [-0.1, -0.05) is 56.7 Å². The summed E-state index contributed by atoms with van der Waals surface area (Å²) in [6.45, 7) is 6.59. The fourth-order valence-corrected chi connectivity index (χ4v) is 4.90. The van der Waals surface area contributed by atoms with Crippen LogP contribution in [0, 0.1) is 5.41 Å². The van der Waals surface area contributed by atoms with Crippen LogP contribution in [0.2, 0.25) is 0 Å². The van der Waals surface area contributed by atoms with Crippen LogP contribution in [-0.4, -0.2) is 16.0 Å². The van der Waals surface area contributed by atoms with Gasteiger partial charge in [0.1, 0.15) is 0 Å². The maximum atomic E-state index is 13.2. The van der Waals surface area contributed by atoms with Gasteiger partial charge < -0.3 is 0 Å². The molecule has 1 aromatic carbocycles. The Bertz CT molecular complexity index is 829. The van der Waals surface area contributed by atoms with Gasteiger partial charge in [0.15, 0.2) is 5.78 Å². The number of hydrogen-bond donors (Lipinski definition) is 1. The van der Waals surface area contributed by atoms with Gasteiger partial charge in [-0.3, -0.25) is 9.89 Å². The van der Waals surface area contributed by atoms with Gasteiger partial charge in [0.25, 0.3) is 0 Å². The number of Topliss-reactive ketones (excluding diaryl/α,β-unsaturated/α-hetero) is 1. The fraction of sp³-hybridized carbons (Fsp3) is 0.429. The minimum Gasteiger partial charge on any atom is -0.294 e. The number of fused-ring (bicyclic) bond motifs is 1. The Morgan fingerprint density at radius 3 is 2.62 bits per heavy atom. The van der Waals surface area contributed by atoms with Crippen molar-refractivity contribution >= 4 is 5.78 Å². The van der Waals surface area contributed by atoms with Crippen LogP contribution in [-0.2, 0) is 16.6 Å². The molecule has 3 heteroatoms. The molecule has 2 aromatic rings. The lowest BCUT2D eigenvalue weighted by Gasteiger charge is -2.45. The molecule has 0 saturated carbocycles. The molecular formula is C21H24N2O. The van der Waals surface area contributed by atoms with Crippen LogP contribution in [0.25, 0.3) is 0 Å². The SMILES string of the molecule is CC[C@@]1(c2ccccc2)C2=C(Cc3[nH]ncc31)CC(C)(C)CC2=O. The van der Waals surface area contributed by atoms with Gasteiger partial charge in [0.2, 0.25) is 0 Å². The second kappa shape index (κ2) is 5.17. The monoisotopic (exact) mass is 320 g/mol. The molecule has 124 valence electrons. The molecule has 2 aliphatic rings. The molecule has 1 N–H and O–H groups in total. The first-order valence-electron chi connectivity index (χ1n) is 8.82. The predicted octanol–water partition coefficient (Wildman–Crippen LogP) is 4.35. The van der Waals surface area contributed by atoms with Crippen molar-refractivity contribution in [2.45, 2.75) is 51.9 Å². The van der Waals surface area contributed by atoms with E-state index in [1.807, 2.05) is 12.3 Å². The van der Waals surface area contributed by atoms with E-state index in [2.05, 4.69) is 55.2 Å². The fourth-order valence-electron chi connectivity index (χ4n) is 4.90. The Labute approximate surface area is 143 Å². The standard InChI is InChI=1S/C21H24N2O/c1-4-21(15-8-6-5-7-9-15)16-13-22-23-17(16)10-14-11-20(2,3)12-18(24)19(14)21/h5-9,13H,4,10-12H2,1-3H3,(H,22,23)/t21-/m0/s1. The van der Waals surface area contributed by atoms with Crippen LogP contribution >= 0.6 is 0 Å². The zero-order valence-electron chi connectivity index (χ0n) is 14.6. The van der Waals surface area contributed by atoms with E-state index < -0.39 is 0 Å². The second-order valence-electron chi connectivity index (χ2n) is 7.98. The minimum absolute atomic E-state index is 0.0452. The Hall–Kier alpha value is -2.16. The van der Waals surface area contributed by atoms with E-state index in [0.717, 1.165) is 24.8 Å². The van der Waals surface area contributed by atoms with Crippen LogP contribution in [0.5, 0.6) is 0 Å². The number of hydrogen-bond acceptors (Lipinski definition) is 2. The molecule has 1 aromatic heterocycles. The van der Waals surface area contributed by atoms with Gasteiger partial charge in [0, 0.05) is 29.7 Å². The molecule has 3 nitrogen and oxygen atoms in total. The number of carbonyl (C=O) groups excluding carboxylic acids is 1. The molecule has 0 unspecified atom stereocenters. The lowest BCUT2D eigenvalue weighted by Crippen LogP contribution is -2.42. The largest absolute Gasteiger partial charge is 0.294 e. The molecule has 0 amide bonds. The molecule has 0 bridgehead atoms. The van der Waals surface area contributed by atoms with Crippen molar-refractivity contribution in [1.82, 2.24) is 10.2 Å². The summed E-state index contributed by atoms with van der Waals surface area (Å²) < 4.78 is 0. The predicted molar refractivity (Wildman–Crippen MR) is 94.9 cm³/mol. The maximum Gasteiger partial charge on any atom is 0.160 e. The Kier molecular flexibility index (Phi) is 3.31. The summed E-state index contributed by atoms with van der Waals surface area (Å²) in [4.78, 5) is 13.2. The van der Waals surface area contributed by atoms with Crippen molar-refractivity contribution in [3.05, 3.63) is 64.5 Å². The maximum absolute atomic E-state index is 13.2. The summed E-state index contributed by atoms with van der Waals surface area (Å²) in [7, 11) is 0. The van der Waals surface area contributed by atoms with Gasteiger partial charge >= 0.3 is 0 Å². The Balaban J connectivity index is 2.03. The van der Waals surface area contributed by atoms with E-state index in [0.29, 0.717) is 12.2 Å².